The van der Waals surface area contributed by atoms with Crippen LogP contribution in [0.1, 0.15) is 12.5 Å². The quantitative estimate of drug-likeness (QED) is 0.457. The van der Waals surface area contributed by atoms with Crippen LogP contribution in [-0.4, -0.2) is 32.1 Å². The molecule has 0 fully saturated rings. The number of carbonyl (C=O) groups excluding carboxylic acids is 2. The summed E-state index contributed by atoms with van der Waals surface area (Å²) >= 11 is 0. The Morgan fingerprint density at radius 3 is 2.34 bits per heavy atom. The molecule has 0 radical (unpaired) electrons. The van der Waals surface area contributed by atoms with Crippen molar-refractivity contribution in [2.24, 2.45) is 0 Å². The van der Waals surface area contributed by atoms with Gasteiger partial charge in [0.2, 0.25) is 0 Å². The number of benzene rings is 2. The molecule has 1 atom stereocenters. The fourth-order valence-electron chi connectivity index (χ4n) is 2.27. The van der Waals surface area contributed by atoms with E-state index in [1.165, 1.54) is 19.1 Å². The largest absolute Gasteiger partial charge is 0.448 e. The second kappa shape index (κ2) is 9.46. The number of esters is 1. The van der Waals surface area contributed by atoms with Crippen LogP contribution in [0.3, 0.4) is 0 Å². The highest BCUT2D eigenvalue weighted by atomic mass is 19.2. The van der Waals surface area contributed by atoms with E-state index in [9.17, 15) is 23.6 Å². The van der Waals surface area contributed by atoms with Crippen LogP contribution in [0.15, 0.2) is 48.0 Å². The van der Waals surface area contributed by atoms with Gasteiger partial charge in [-0.15, -0.1) is 0 Å². The first-order chi connectivity index (χ1) is 13.7. The Morgan fingerprint density at radius 2 is 1.79 bits per heavy atom. The molecule has 2 rings (SSSR count). The summed E-state index contributed by atoms with van der Waals surface area (Å²) in [5, 5.41) is 11.5. The van der Waals surface area contributed by atoms with E-state index in [0.29, 0.717) is 5.56 Å². The summed E-state index contributed by atoms with van der Waals surface area (Å²) < 4.78 is 31.2. The third-order valence-electron chi connectivity index (χ3n) is 3.90. The average Bonchev–Trinajstić information content (AvgIpc) is 2.69. The van der Waals surface area contributed by atoms with E-state index in [0.717, 1.165) is 17.8 Å². The zero-order valence-corrected chi connectivity index (χ0v) is 16.1. The number of hydrogen-bond acceptors (Lipinski definition) is 5. The fraction of sp³-hybridized carbons (Fsp3) is 0.190. The maximum atomic E-state index is 13.2. The molecular formula is C21H19F2N3O3. The molecule has 2 aromatic rings. The summed E-state index contributed by atoms with van der Waals surface area (Å²) in [6.45, 7) is 1.30. The summed E-state index contributed by atoms with van der Waals surface area (Å²) in [6, 6.07) is 11.7. The SMILES string of the molecule is C[C@@H](OC(=O)/C(C#N)=C/c1ccc(N(C)C)cc1)C(=O)Nc1ccc(F)c(F)c1. The molecule has 0 aliphatic heterocycles. The van der Waals surface area contributed by atoms with Crippen LogP contribution in [0, 0.1) is 23.0 Å². The molecular weight excluding hydrogens is 380 g/mol. The fourth-order valence-corrected chi connectivity index (χ4v) is 2.27. The lowest BCUT2D eigenvalue weighted by Crippen LogP contribution is -2.30. The average molecular weight is 399 g/mol. The normalized spacial score (nSPS) is 11.9. The Kier molecular flexibility index (Phi) is 7.04. The Hall–Kier alpha value is -3.73. The van der Waals surface area contributed by atoms with Crippen molar-refractivity contribution in [2.75, 3.05) is 24.3 Å². The minimum atomic E-state index is -1.26. The van der Waals surface area contributed by atoms with Crippen LogP contribution in [-0.2, 0) is 14.3 Å². The molecule has 1 amide bonds. The minimum absolute atomic E-state index is 0.00818. The molecule has 0 unspecified atom stereocenters. The van der Waals surface area contributed by atoms with Crippen LogP contribution in [0.5, 0.6) is 0 Å². The Balaban J connectivity index is 2.04. The van der Waals surface area contributed by atoms with Crippen molar-refractivity contribution in [2.45, 2.75) is 13.0 Å². The van der Waals surface area contributed by atoms with Gasteiger partial charge in [-0.1, -0.05) is 12.1 Å². The van der Waals surface area contributed by atoms with Gasteiger partial charge in [-0.25, -0.2) is 13.6 Å². The number of anilines is 2. The van der Waals surface area contributed by atoms with Gasteiger partial charge in [-0.3, -0.25) is 4.79 Å². The lowest BCUT2D eigenvalue weighted by molar-refractivity contribution is -0.148. The molecule has 0 aliphatic carbocycles. The van der Waals surface area contributed by atoms with Crippen LogP contribution in [0.25, 0.3) is 6.08 Å². The Bertz CT molecular complexity index is 980. The zero-order valence-electron chi connectivity index (χ0n) is 16.1. The Morgan fingerprint density at radius 1 is 1.14 bits per heavy atom. The number of hydrogen-bond donors (Lipinski definition) is 1. The molecule has 0 heterocycles. The van der Waals surface area contributed by atoms with Crippen molar-refractivity contribution >= 4 is 29.3 Å². The highest BCUT2D eigenvalue weighted by molar-refractivity contribution is 6.01. The number of amides is 1. The molecule has 150 valence electrons. The molecule has 6 nitrogen and oxygen atoms in total. The second-order valence-corrected chi connectivity index (χ2v) is 6.32. The molecule has 0 saturated carbocycles. The van der Waals surface area contributed by atoms with Crippen LogP contribution >= 0.6 is 0 Å². The summed E-state index contributed by atoms with van der Waals surface area (Å²) in [5.41, 5.74) is 1.29. The van der Waals surface area contributed by atoms with E-state index < -0.39 is 29.6 Å². The number of rotatable bonds is 6. The number of nitrogens with zero attached hydrogens (tertiary/aromatic N) is 2. The number of carbonyl (C=O) groups is 2. The van der Waals surface area contributed by atoms with Crippen LogP contribution in [0.2, 0.25) is 0 Å². The molecule has 0 aromatic heterocycles. The second-order valence-electron chi connectivity index (χ2n) is 6.32. The van der Waals surface area contributed by atoms with E-state index in [1.54, 1.807) is 18.2 Å². The molecule has 0 aliphatic rings. The van der Waals surface area contributed by atoms with Gasteiger partial charge >= 0.3 is 5.97 Å². The third-order valence-corrected chi connectivity index (χ3v) is 3.90. The number of halogens is 2. The number of ether oxygens (including phenoxy) is 1. The predicted octanol–water partition coefficient (Wildman–Crippen LogP) is 3.51. The molecule has 0 saturated heterocycles. The maximum absolute atomic E-state index is 13.2. The van der Waals surface area contributed by atoms with Gasteiger partial charge in [0.15, 0.2) is 17.7 Å². The van der Waals surface area contributed by atoms with Crippen molar-refractivity contribution in [1.29, 1.82) is 5.26 Å². The number of nitrogens with one attached hydrogen (secondary N) is 1. The Labute approximate surface area is 167 Å². The lowest BCUT2D eigenvalue weighted by Gasteiger charge is -2.13. The molecule has 0 bridgehead atoms. The molecule has 2 aromatic carbocycles. The number of nitriles is 1. The van der Waals surface area contributed by atoms with Crippen molar-refractivity contribution in [3.05, 3.63) is 65.2 Å². The third kappa shape index (κ3) is 5.87. The van der Waals surface area contributed by atoms with Crippen molar-refractivity contribution in [3.63, 3.8) is 0 Å². The topological polar surface area (TPSA) is 82.4 Å². The molecule has 1 N–H and O–H groups in total. The summed E-state index contributed by atoms with van der Waals surface area (Å²) in [4.78, 5) is 26.2. The summed E-state index contributed by atoms with van der Waals surface area (Å²) in [6.07, 6.45) is 0.0883. The van der Waals surface area contributed by atoms with Gasteiger partial charge in [0.1, 0.15) is 11.6 Å². The summed E-state index contributed by atoms with van der Waals surface area (Å²) in [5.74, 6) is -3.90. The van der Waals surface area contributed by atoms with Gasteiger partial charge in [0.25, 0.3) is 5.91 Å². The van der Waals surface area contributed by atoms with Gasteiger partial charge in [0, 0.05) is 31.5 Å². The lowest BCUT2D eigenvalue weighted by atomic mass is 10.1. The highest BCUT2D eigenvalue weighted by Crippen LogP contribution is 2.16. The minimum Gasteiger partial charge on any atom is -0.448 e. The molecule has 29 heavy (non-hydrogen) atoms. The van der Waals surface area contributed by atoms with E-state index in [1.807, 2.05) is 31.1 Å². The van der Waals surface area contributed by atoms with Crippen LogP contribution in [0.4, 0.5) is 20.2 Å². The van der Waals surface area contributed by atoms with Crippen molar-refractivity contribution in [3.8, 4) is 6.07 Å². The van der Waals surface area contributed by atoms with E-state index >= 15 is 0 Å². The predicted molar refractivity (Wildman–Crippen MR) is 105 cm³/mol. The van der Waals surface area contributed by atoms with Crippen molar-refractivity contribution < 1.29 is 23.1 Å². The first-order valence-corrected chi connectivity index (χ1v) is 8.57. The van der Waals surface area contributed by atoms with E-state index in [-0.39, 0.29) is 11.3 Å². The molecule has 8 heteroatoms. The van der Waals surface area contributed by atoms with Crippen molar-refractivity contribution in [1.82, 2.24) is 0 Å². The smallest absolute Gasteiger partial charge is 0.349 e. The van der Waals surface area contributed by atoms with Gasteiger partial charge in [-0.2, -0.15) is 5.26 Å². The van der Waals surface area contributed by atoms with Gasteiger partial charge in [-0.05, 0) is 42.8 Å². The van der Waals surface area contributed by atoms with E-state index in [2.05, 4.69) is 5.32 Å². The summed E-state index contributed by atoms with van der Waals surface area (Å²) in [7, 11) is 3.77. The molecule has 0 spiro atoms. The highest BCUT2D eigenvalue weighted by Gasteiger charge is 2.21. The monoisotopic (exact) mass is 399 g/mol. The van der Waals surface area contributed by atoms with Gasteiger partial charge < -0.3 is 15.0 Å². The van der Waals surface area contributed by atoms with E-state index in [4.69, 9.17) is 4.74 Å². The van der Waals surface area contributed by atoms with Gasteiger partial charge in [0.05, 0.1) is 0 Å². The van der Waals surface area contributed by atoms with Crippen LogP contribution < -0.4 is 10.2 Å². The zero-order chi connectivity index (χ0) is 21.6. The maximum Gasteiger partial charge on any atom is 0.349 e. The first-order valence-electron chi connectivity index (χ1n) is 8.57. The first kappa shape index (κ1) is 21.6. The standard InChI is InChI=1S/C21H19F2N3O3/c1-13(20(27)25-16-6-9-18(22)19(23)11-16)29-21(28)15(12-24)10-14-4-7-17(8-5-14)26(2)3/h4-11,13H,1-3H3,(H,25,27)/b15-10+/t13-/m1/s1.